The monoisotopic (exact) mass is 434 g/mol. The summed E-state index contributed by atoms with van der Waals surface area (Å²) in [6.07, 6.45) is 2.09. The summed E-state index contributed by atoms with van der Waals surface area (Å²) >= 11 is 3.36. The smallest absolute Gasteiger partial charge is 0.329 e. The van der Waals surface area contributed by atoms with Crippen LogP contribution in [0, 0.1) is 5.82 Å². The van der Waals surface area contributed by atoms with Crippen LogP contribution in [0.5, 0.6) is 0 Å². The lowest BCUT2D eigenvalue weighted by atomic mass is 10.2. The second kappa shape index (κ2) is 9.82. The van der Waals surface area contributed by atoms with Crippen molar-refractivity contribution in [2.24, 2.45) is 5.10 Å². The molecular weight excluding hydrogens is 415 g/mol. The van der Waals surface area contributed by atoms with Gasteiger partial charge in [0, 0.05) is 21.8 Å². The standard InChI is InChI=1S/C19H20BrFN4O2/c1-3-12(2)23-18(26)19(27)25-22-11-13-10-14(20)8-9-16(13)24-17-7-5-4-6-15(17)21/h4-12,24H,3H2,1-2H3,(H,23,26)(H,25,27)/b22-11-/t12-/m1/s1. The third-order valence-corrected chi connectivity index (χ3v) is 4.22. The lowest BCUT2D eigenvalue weighted by Gasteiger charge is -2.11. The highest BCUT2D eigenvalue weighted by molar-refractivity contribution is 9.10. The molecule has 0 spiro atoms. The van der Waals surface area contributed by atoms with Crippen molar-refractivity contribution in [1.29, 1.82) is 0 Å². The van der Waals surface area contributed by atoms with E-state index < -0.39 is 17.6 Å². The second-order valence-corrected chi connectivity index (χ2v) is 6.73. The number of amides is 2. The number of benzene rings is 2. The molecule has 0 heterocycles. The molecule has 0 radical (unpaired) electrons. The maximum Gasteiger partial charge on any atom is 0.329 e. The predicted octanol–water partition coefficient (Wildman–Crippen LogP) is 3.70. The summed E-state index contributed by atoms with van der Waals surface area (Å²) < 4.78 is 14.6. The third kappa shape index (κ3) is 6.18. The molecule has 2 amide bonds. The van der Waals surface area contributed by atoms with E-state index in [1.54, 1.807) is 43.3 Å². The van der Waals surface area contributed by atoms with Crippen LogP contribution in [0.3, 0.4) is 0 Å². The number of hydrazone groups is 1. The molecule has 0 fully saturated rings. The molecule has 0 bridgehead atoms. The van der Waals surface area contributed by atoms with E-state index in [2.05, 4.69) is 37.1 Å². The van der Waals surface area contributed by atoms with E-state index in [4.69, 9.17) is 0 Å². The first-order valence-corrected chi connectivity index (χ1v) is 9.15. The fourth-order valence-electron chi connectivity index (χ4n) is 2.06. The predicted molar refractivity (Wildman–Crippen MR) is 107 cm³/mol. The molecule has 0 saturated carbocycles. The summed E-state index contributed by atoms with van der Waals surface area (Å²) in [4.78, 5) is 23.5. The molecule has 3 N–H and O–H groups in total. The van der Waals surface area contributed by atoms with Gasteiger partial charge >= 0.3 is 11.8 Å². The molecular formula is C19H20BrFN4O2. The summed E-state index contributed by atoms with van der Waals surface area (Å²) in [6, 6.07) is 11.5. The largest absolute Gasteiger partial charge is 0.353 e. The number of nitrogens with zero attached hydrogens (tertiary/aromatic N) is 1. The molecule has 2 aromatic carbocycles. The van der Waals surface area contributed by atoms with Gasteiger partial charge in [0.25, 0.3) is 0 Å². The van der Waals surface area contributed by atoms with Gasteiger partial charge < -0.3 is 10.6 Å². The molecule has 0 aliphatic rings. The lowest BCUT2D eigenvalue weighted by Crippen LogP contribution is -2.41. The zero-order valence-electron chi connectivity index (χ0n) is 14.9. The minimum atomic E-state index is -0.856. The Morgan fingerprint density at radius 2 is 1.93 bits per heavy atom. The zero-order valence-corrected chi connectivity index (χ0v) is 16.5. The fourth-order valence-corrected chi connectivity index (χ4v) is 2.44. The van der Waals surface area contributed by atoms with Gasteiger partial charge in [0.05, 0.1) is 11.9 Å². The zero-order chi connectivity index (χ0) is 19.8. The minimum Gasteiger partial charge on any atom is -0.353 e. The van der Waals surface area contributed by atoms with Crippen LogP contribution < -0.4 is 16.1 Å². The topological polar surface area (TPSA) is 82.6 Å². The van der Waals surface area contributed by atoms with Crippen molar-refractivity contribution in [3.8, 4) is 0 Å². The van der Waals surface area contributed by atoms with Crippen LogP contribution in [-0.2, 0) is 9.59 Å². The van der Waals surface area contributed by atoms with Gasteiger partial charge in [-0.25, -0.2) is 9.82 Å². The number of nitrogens with one attached hydrogen (secondary N) is 3. The highest BCUT2D eigenvalue weighted by atomic mass is 79.9. The van der Waals surface area contributed by atoms with E-state index in [0.717, 1.165) is 4.47 Å². The Bertz CT molecular complexity index is 857. The van der Waals surface area contributed by atoms with Crippen molar-refractivity contribution >= 4 is 45.3 Å². The molecule has 0 aliphatic heterocycles. The van der Waals surface area contributed by atoms with Crippen LogP contribution in [0.4, 0.5) is 15.8 Å². The normalized spacial score (nSPS) is 11.9. The maximum absolute atomic E-state index is 13.9. The van der Waals surface area contributed by atoms with Gasteiger partial charge in [-0.1, -0.05) is 35.0 Å². The van der Waals surface area contributed by atoms with Gasteiger partial charge in [-0.3, -0.25) is 9.59 Å². The molecule has 0 aliphatic carbocycles. The Labute approximate surface area is 165 Å². The summed E-state index contributed by atoms with van der Waals surface area (Å²) in [5.74, 6) is -2.00. The van der Waals surface area contributed by atoms with Gasteiger partial charge in [-0.15, -0.1) is 0 Å². The first-order chi connectivity index (χ1) is 12.9. The molecule has 1 atom stereocenters. The molecule has 142 valence electrons. The number of rotatable bonds is 6. The van der Waals surface area contributed by atoms with E-state index in [-0.39, 0.29) is 6.04 Å². The average Bonchev–Trinajstić information content (AvgIpc) is 2.65. The van der Waals surface area contributed by atoms with E-state index in [9.17, 15) is 14.0 Å². The lowest BCUT2D eigenvalue weighted by molar-refractivity contribution is -0.139. The van der Waals surface area contributed by atoms with E-state index in [1.807, 2.05) is 6.92 Å². The number of anilines is 2. The van der Waals surface area contributed by atoms with Crippen LogP contribution in [0.2, 0.25) is 0 Å². The highest BCUT2D eigenvalue weighted by Gasteiger charge is 2.14. The molecule has 0 saturated heterocycles. The fraction of sp³-hybridized carbons (Fsp3) is 0.211. The van der Waals surface area contributed by atoms with Crippen LogP contribution in [0.15, 0.2) is 52.0 Å². The summed E-state index contributed by atoms with van der Waals surface area (Å²) in [5, 5.41) is 9.36. The molecule has 2 rings (SSSR count). The van der Waals surface area contributed by atoms with Gasteiger partial charge in [-0.05, 0) is 43.7 Å². The summed E-state index contributed by atoms with van der Waals surface area (Å²) in [6.45, 7) is 3.70. The quantitative estimate of drug-likeness (QED) is 0.368. The Morgan fingerprint density at radius 1 is 1.19 bits per heavy atom. The van der Waals surface area contributed by atoms with Crippen LogP contribution >= 0.6 is 15.9 Å². The maximum atomic E-state index is 13.9. The van der Waals surface area contributed by atoms with Crippen molar-refractivity contribution in [3.63, 3.8) is 0 Å². The summed E-state index contributed by atoms with van der Waals surface area (Å²) in [5.41, 5.74) is 3.68. The third-order valence-electron chi connectivity index (χ3n) is 3.72. The van der Waals surface area contributed by atoms with Crippen molar-refractivity contribution in [3.05, 3.63) is 58.3 Å². The second-order valence-electron chi connectivity index (χ2n) is 5.82. The number of halogens is 2. The van der Waals surface area contributed by atoms with Crippen molar-refractivity contribution in [2.45, 2.75) is 26.3 Å². The molecule has 27 heavy (non-hydrogen) atoms. The van der Waals surface area contributed by atoms with Gasteiger partial charge in [0.15, 0.2) is 0 Å². The van der Waals surface area contributed by atoms with E-state index >= 15 is 0 Å². The SMILES string of the molecule is CC[C@@H](C)NC(=O)C(=O)N/N=C\c1cc(Br)ccc1Nc1ccccc1F. The van der Waals surface area contributed by atoms with Crippen LogP contribution in [0.25, 0.3) is 0 Å². The van der Waals surface area contributed by atoms with Crippen molar-refractivity contribution in [1.82, 2.24) is 10.7 Å². The van der Waals surface area contributed by atoms with Gasteiger partial charge in [-0.2, -0.15) is 5.10 Å². The van der Waals surface area contributed by atoms with Gasteiger partial charge in [0.2, 0.25) is 0 Å². The number of hydrogen-bond donors (Lipinski definition) is 3. The first-order valence-electron chi connectivity index (χ1n) is 8.35. The Kier molecular flexibility index (Phi) is 7.48. The van der Waals surface area contributed by atoms with Crippen molar-refractivity contribution < 1.29 is 14.0 Å². The Hall–Kier alpha value is -2.74. The molecule has 0 unspecified atom stereocenters. The Balaban J connectivity index is 2.10. The van der Waals surface area contributed by atoms with Gasteiger partial charge in [0.1, 0.15) is 5.82 Å². The average molecular weight is 435 g/mol. The number of carbonyl (C=O) groups is 2. The number of hydrogen-bond acceptors (Lipinski definition) is 4. The minimum absolute atomic E-state index is 0.103. The van der Waals surface area contributed by atoms with Crippen LogP contribution in [-0.4, -0.2) is 24.1 Å². The molecule has 6 nitrogen and oxygen atoms in total. The van der Waals surface area contributed by atoms with Crippen molar-refractivity contribution in [2.75, 3.05) is 5.32 Å². The molecule has 0 aromatic heterocycles. The summed E-state index contributed by atoms with van der Waals surface area (Å²) in [7, 11) is 0. The first kappa shape index (κ1) is 20.6. The molecule has 2 aromatic rings. The number of carbonyl (C=O) groups excluding carboxylic acids is 2. The molecule has 8 heteroatoms. The number of para-hydroxylation sites is 1. The van der Waals surface area contributed by atoms with E-state index in [0.29, 0.717) is 23.4 Å². The van der Waals surface area contributed by atoms with Crippen LogP contribution in [0.1, 0.15) is 25.8 Å². The highest BCUT2D eigenvalue weighted by Crippen LogP contribution is 2.24. The Morgan fingerprint density at radius 3 is 2.63 bits per heavy atom. The van der Waals surface area contributed by atoms with E-state index in [1.165, 1.54) is 12.3 Å².